The zero-order chi connectivity index (χ0) is 24.6. The van der Waals surface area contributed by atoms with Crippen LogP contribution in [0.25, 0.3) is 11.1 Å². The van der Waals surface area contributed by atoms with E-state index in [-0.39, 0.29) is 18.3 Å². The van der Waals surface area contributed by atoms with Crippen molar-refractivity contribution in [2.24, 2.45) is 10.7 Å². The minimum absolute atomic E-state index is 0.0413. The molecule has 172 valence electrons. The van der Waals surface area contributed by atoms with E-state index >= 15 is 0 Å². The molecule has 0 radical (unpaired) electrons. The number of rotatable bonds is 6. The number of carbonyl (C=O) groups is 1. The van der Waals surface area contributed by atoms with Gasteiger partial charge in [-0.25, -0.2) is 9.37 Å². The first-order chi connectivity index (χ1) is 17.0. The van der Waals surface area contributed by atoms with Gasteiger partial charge >= 0.3 is 0 Å². The van der Waals surface area contributed by atoms with Gasteiger partial charge in [-0.2, -0.15) is 10.3 Å². The maximum Gasteiger partial charge on any atom is 0.228 e. The molecular formula is C27H21FN6O. The van der Waals surface area contributed by atoms with Gasteiger partial charge < -0.3 is 16.4 Å². The van der Waals surface area contributed by atoms with Crippen molar-refractivity contribution in [3.63, 3.8) is 0 Å². The highest BCUT2D eigenvalue weighted by molar-refractivity contribution is 5.95. The van der Waals surface area contributed by atoms with Crippen LogP contribution in [-0.2, 0) is 11.2 Å². The molecule has 0 aliphatic carbocycles. The lowest BCUT2D eigenvalue weighted by Gasteiger charge is -2.08. The average Bonchev–Trinajstić information content (AvgIpc) is 2.87. The molecule has 4 aromatic rings. The number of para-hydroxylation sites is 1. The summed E-state index contributed by atoms with van der Waals surface area (Å²) < 4.78 is 13.7. The fourth-order valence-corrected chi connectivity index (χ4v) is 3.37. The van der Waals surface area contributed by atoms with Crippen LogP contribution in [-0.4, -0.2) is 16.9 Å². The Kier molecular flexibility index (Phi) is 7.09. The number of halogens is 1. The van der Waals surface area contributed by atoms with Crippen LogP contribution in [0.2, 0.25) is 0 Å². The minimum atomic E-state index is -0.400. The number of amides is 1. The van der Waals surface area contributed by atoms with Crippen LogP contribution in [0.15, 0.2) is 96.1 Å². The maximum atomic E-state index is 13.7. The smallest absolute Gasteiger partial charge is 0.228 e. The van der Waals surface area contributed by atoms with E-state index in [1.165, 1.54) is 6.07 Å². The molecule has 3 aromatic carbocycles. The fraction of sp³-hybridized carbons (Fsp3) is 0.0370. The van der Waals surface area contributed by atoms with Crippen molar-refractivity contribution < 1.29 is 9.18 Å². The lowest BCUT2D eigenvalue weighted by Crippen LogP contribution is -2.22. The average molecular weight is 465 g/mol. The van der Waals surface area contributed by atoms with E-state index in [0.717, 1.165) is 11.1 Å². The highest BCUT2D eigenvalue weighted by Crippen LogP contribution is 2.23. The SMILES string of the molecule is N#Cc1ccccc1NC(N)=Nc1ccc(-c2ccc(NC(=O)Cc3ccccc3F)cc2)cn1. The van der Waals surface area contributed by atoms with Crippen LogP contribution in [0.1, 0.15) is 11.1 Å². The fourth-order valence-electron chi connectivity index (χ4n) is 3.37. The summed E-state index contributed by atoms with van der Waals surface area (Å²) in [6.07, 6.45) is 1.63. The molecule has 0 saturated heterocycles. The first-order valence-corrected chi connectivity index (χ1v) is 10.7. The van der Waals surface area contributed by atoms with Crippen molar-refractivity contribution in [1.82, 2.24) is 4.98 Å². The summed E-state index contributed by atoms with van der Waals surface area (Å²) in [6, 6.07) is 26.1. The van der Waals surface area contributed by atoms with Crippen LogP contribution in [0.4, 0.5) is 21.6 Å². The number of nitrogens with two attached hydrogens (primary N) is 1. The number of carbonyl (C=O) groups excluding carboxylic acids is 1. The summed E-state index contributed by atoms with van der Waals surface area (Å²) in [6.45, 7) is 0. The Morgan fingerprint density at radius 2 is 1.66 bits per heavy atom. The van der Waals surface area contributed by atoms with Gasteiger partial charge in [0, 0.05) is 17.4 Å². The lowest BCUT2D eigenvalue weighted by atomic mass is 10.1. The topological polar surface area (TPSA) is 116 Å². The van der Waals surface area contributed by atoms with E-state index < -0.39 is 5.82 Å². The van der Waals surface area contributed by atoms with E-state index in [4.69, 9.17) is 5.73 Å². The minimum Gasteiger partial charge on any atom is -0.369 e. The molecule has 0 bridgehead atoms. The number of pyridine rings is 1. The van der Waals surface area contributed by atoms with Crippen molar-refractivity contribution >= 4 is 29.1 Å². The van der Waals surface area contributed by atoms with Crippen LogP contribution in [0.3, 0.4) is 0 Å². The Hall–Kier alpha value is -5.03. The largest absolute Gasteiger partial charge is 0.369 e. The van der Waals surface area contributed by atoms with Gasteiger partial charge in [0.2, 0.25) is 5.91 Å². The highest BCUT2D eigenvalue weighted by Gasteiger charge is 2.08. The van der Waals surface area contributed by atoms with Gasteiger partial charge in [-0.3, -0.25) is 4.79 Å². The number of anilines is 2. The van der Waals surface area contributed by atoms with Gasteiger partial charge in [-0.1, -0.05) is 42.5 Å². The number of nitrogens with zero attached hydrogens (tertiary/aromatic N) is 3. The van der Waals surface area contributed by atoms with Crippen LogP contribution >= 0.6 is 0 Å². The van der Waals surface area contributed by atoms with Crippen molar-refractivity contribution in [2.75, 3.05) is 10.6 Å². The third-order valence-electron chi connectivity index (χ3n) is 5.10. The molecule has 4 rings (SSSR count). The molecule has 0 fully saturated rings. The number of benzene rings is 3. The van der Waals surface area contributed by atoms with Crippen molar-refractivity contribution in [3.05, 3.63) is 108 Å². The number of guanidine groups is 1. The zero-order valence-electron chi connectivity index (χ0n) is 18.6. The summed E-state index contributed by atoms with van der Waals surface area (Å²) in [5.74, 6) is -0.174. The molecule has 35 heavy (non-hydrogen) atoms. The molecule has 0 aliphatic heterocycles. The number of aromatic nitrogens is 1. The second kappa shape index (κ2) is 10.7. The standard InChI is InChI=1S/C27H21FN6O/c28-23-7-3-1-5-19(23)15-26(35)32-22-12-9-18(10-13-22)21-11-14-25(31-17-21)34-27(30)33-24-8-4-2-6-20(24)16-29/h1-14,17H,15H2,(H,32,35)(H3,30,31,33,34). The van der Waals surface area contributed by atoms with Gasteiger partial charge in [-0.15, -0.1) is 0 Å². The molecule has 8 heteroatoms. The molecule has 7 nitrogen and oxygen atoms in total. The molecule has 0 aliphatic rings. The van der Waals surface area contributed by atoms with E-state index in [0.29, 0.717) is 28.3 Å². The third-order valence-corrected chi connectivity index (χ3v) is 5.10. The maximum absolute atomic E-state index is 13.7. The molecule has 0 saturated carbocycles. The van der Waals surface area contributed by atoms with Gasteiger partial charge in [0.1, 0.15) is 11.9 Å². The van der Waals surface area contributed by atoms with Crippen LogP contribution in [0, 0.1) is 17.1 Å². The Morgan fingerprint density at radius 1 is 0.943 bits per heavy atom. The monoisotopic (exact) mass is 464 g/mol. The molecule has 1 amide bonds. The van der Waals surface area contributed by atoms with Crippen LogP contribution < -0.4 is 16.4 Å². The van der Waals surface area contributed by atoms with Gasteiger partial charge in [-0.05, 0) is 53.6 Å². The number of nitrogens with one attached hydrogen (secondary N) is 2. The normalized spacial score (nSPS) is 10.9. The Morgan fingerprint density at radius 3 is 2.37 bits per heavy atom. The first-order valence-electron chi connectivity index (χ1n) is 10.7. The molecule has 1 aromatic heterocycles. The summed E-state index contributed by atoms with van der Waals surface area (Å²) in [7, 11) is 0. The molecule has 0 atom stereocenters. The van der Waals surface area contributed by atoms with E-state index in [1.54, 1.807) is 66.9 Å². The van der Waals surface area contributed by atoms with Crippen molar-refractivity contribution in [2.45, 2.75) is 6.42 Å². The summed E-state index contributed by atoms with van der Waals surface area (Å²) in [5.41, 5.74) is 9.69. The molecular weight excluding hydrogens is 443 g/mol. The number of nitriles is 1. The third kappa shape index (κ3) is 6.06. The van der Waals surface area contributed by atoms with Crippen molar-refractivity contribution in [1.29, 1.82) is 5.26 Å². The molecule has 4 N–H and O–H groups in total. The van der Waals surface area contributed by atoms with Gasteiger partial charge in [0.25, 0.3) is 0 Å². The Labute approximate surface area is 201 Å². The zero-order valence-corrected chi connectivity index (χ0v) is 18.6. The van der Waals surface area contributed by atoms with E-state index in [9.17, 15) is 14.4 Å². The predicted octanol–water partition coefficient (Wildman–Crippen LogP) is 5.00. The molecule has 0 spiro atoms. The van der Waals surface area contributed by atoms with Crippen molar-refractivity contribution in [3.8, 4) is 17.2 Å². The number of hydrogen-bond donors (Lipinski definition) is 3. The summed E-state index contributed by atoms with van der Waals surface area (Å²) in [5, 5.41) is 14.9. The number of hydrogen-bond acceptors (Lipinski definition) is 4. The van der Waals surface area contributed by atoms with E-state index in [1.807, 2.05) is 18.2 Å². The van der Waals surface area contributed by atoms with E-state index in [2.05, 4.69) is 26.7 Å². The highest BCUT2D eigenvalue weighted by atomic mass is 19.1. The molecule has 1 heterocycles. The van der Waals surface area contributed by atoms with Crippen LogP contribution in [0.5, 0.6) is 0 Å². The first kappa shape index (κ1) is 23.1. The second-order valence-corrected chi connectivity index (χ2v) is 7.58. The quantitative estimate of drug-likeness (QED) is 0.274. The van der Waals surface area contributed by atoms with Gasteiger partial charge in [0.15, 0.2) is 11.8 Å². The number of aliphatic imine (C=N–C) groups is 1. The predicted molar refractivity (Wildman–Crippen MR) is 134 cm³/mol. The summed E-state index contributed by atoms with van der Waals surface area (Å²) >= 11 is 0. The molecule has 0 unspecified atom stereocenters. The Balaban J connectivity index is 1.38. The Bertz CT molecular complexity index is 1410. The summed E-state index contributed by atoms with van der Waals surface area (Å²) in [4.78, 5) is 20.8. The second-order valence-electron chi connectivity index (χ2n) is 7.58. The van der Waals surface area contributed by atoms with Gasteiger partial charge in [0.05, 0.1) is 17.7 Å². The lowest BCUT2D eigenvalue weighted by molar-refractivity contribution is -0.115.